The maximum absolute atomic E-state index is 12.5. The molecule has 0 saturated carbocycles. The van der Waals surface area contributed by atoms with Crippen molar-refractivity contribution in [2.75, 3.05) is 13.1 Å². The van der Waals surface area contributed by atoms with E-state index in [0.29, 0.717) is 13.1 Å². The van der Waals surface area contributed by atoms with E-state index in [0.717, 1.165) is 25.0 Å². The highest BCUT2D eigenvalue weighted by Crippen LogP contribution is 2.28. The van der Waals surface area contributed by atoms with Gasteiger partial charge >= 0.3 is 12.3 Å². The predicted molar refractivity (Wildman–Crippen MR) is 79.6 cm³/mol. The molecule has 2 rings (SSSR count). The van der Waals surface area contributed by atoms with E-state index in [9.17, 15) is 18.0 Å². The molecule has 1 aromatic carbocycles. The molecule has 1 saturated heterocycles. The first-order valence-electron chi connectivity index (χ1n) is 7.25. The summed E-state index contributed by atoms with van der Waals surface area (Å²) in [6.45, 7) is 1.09. The van der Waals surface area contributed by atoms with Gasteiger partial charge in [-0.15, -0.1) is 0 Å². The molecule has 0 aromatic heterocycles. The van der Waals surface area contributed by atoms with Crippen molar-refractivity contribution in [2.45, 2.75) is 25.2 Å². The van der Waals surface area contributed by atoms with Gasteiger partial charge in [-0.2, -0.15) is 18.1 Å². The zero-order valence-electron chi connectivity index (χ0n) is 12.9. The summed E-state index contributed by atoms with van der Waals surface area (Å²) in [4.78, 5) is 24.8. The lowest BCUT2D eigenvalue weighted by Crippen LogP contribution is -2.29. The van der Waals surface area contributed by atoms with E-state index in [1.54, 1.807) is 0 Å². The van der Waals surface area contributed by atoms with Crippen molar-refractivity contribution in [1.82, 2.24) is 4.90 Å². The van der Waals surface area contributed by atoms with Gasteiger partial charge in [0.25, 0.3) is 0 Å². The number of likely N-dealkylation sites (tertiary alicyclic amines) is 1. The van der Waals surface area contributed by atoms with Gasteiger partial charge in [0.2, 0.25) is 6.23 Å². The molecule has 1 aliphatic heterocycles. The lowest BCUT2D eigenvalue weighted by molar-refractivity contribution is -0.262. The number of carbonyl (C=O) groups excluding carboxylic acids is 1. The fourth-order valence-electron chi connectivity index (χ4n) is 2.05. The molecule has 1 unspecified atom stereocenters. The maximum atomic E-state index is 12.5. The van der Waals surface area contributed by atoms with Crippen LogP contribution in [-0.2, 0) is 16.0 Å². The Morgan fingerprint density at radius 3 is 2.48 bits per heavy atom. The van der Waals surface area contributed by atoms with Crippen LogP contribution in [0.3, 0.4) is 0 Å². The van der Waals surface area contributed by atoms with Crippen LogP contribution in [0.4, 0.5) is 18.0 Å². The van der Waals surface area contributed by atoms with Crippen molar-refractivity contribution in [3.8, 4) is 11.8 Å². The number of halogens is 3. The molecule has 0 spiro atoms. The molecule has 132 valence electrons. The van der Waals surface area contributed by atoms with Crippen LogP contribution < -0.4 is 0 Å². The molecule has 0 bridgehead atoms. The van der Waals surface area contributed by atoms with Crippen LogP contribution in [-0.4, -0.2) is 30.3 Å². The Labute approximate surface area is 140 Å². The average molecular weight is 354 g/mol. The summed E-state index contributed by atoms with van der Waals surface area (Å²) < 4.78 is 37.4. The van der Waals surface area contributed by atoms with E-state index < -0.39 is 24.1 Å². The first kappa shape index (κ1) is 18.4. The fourth-order valence-corrected chi connectivity index (χ4v) is 2.05. The smallest absolute Gasteiger partial charge is 0.306 e. The molecule has 1 aliphatic rings. The summed E-state index contributed by atoms with van der Waals surface area (Å²) in [5.41, 5.74) is 7.92. The summed E-state index contributed by atoms with van der Waals surface area (Å²) in [6.07, 6.45) is -4.84. The summed E-state index contributed by atoms with van der Waals surface area (Å²) >= 11 is 0. The lowest BCUT2D eigenvalue weighted by atomic mass is 10.1. The highest BCUT2D eigenvalue weighted by molar-refractivity contribution is 5.67. The van der Waals surface area contributed by atoms with Gasteiger partial charge in [-0.3, -0.25) is 4.89 Å². The second-order valence-electron chi connectivity index (χ2n) is 5.04. The molecule has 1 aromatic rings. The number of alkyl halides is 3. The number of rotatable bonds is 3. The minimum Gasteiger partial charge on any atom is -0.306 e. The summed E-state index contributed by atoms with van der Waals surface area (Å²) in [6, 6.07) is 4.08. The van der Waals surface area contributed by atoms with Crippen molar-refractivity contribution in [3.63, 3.8) is 0 Å². The minimum absolute atomic E-state index is 0.251. The quantitative estimate of drug-likeness (QED) is 0.206. The minimum atomic E-state index is -4.44. The third-order valence-corrected chi connectivity index (χ3v) is 3.28. The number of amides is 1. The van der Waals surface area contributed by atoms with E-state index in [1.807, 2.05) is 0 Å². The van der Waals surface area contributed by atoms with Crippen molar-refractivity contribution >= 4 is 6.09 Å². The monoisotopic (exact) mass is 354 g/mol. The SMILES string of the molecule is [N-]=[N+]=NC(C#Cc1ccc(C(F)(F)F)cc1)OOC(=O)N1CCCC1. The predicted octanol–water partition coefficient (Wildman–Crippen LogP) is 3.86. The van der Waals surface area contributed by atoms with Crippen molar-refractivity contribution < 1.29 is 27.7 Å². The van der Waals surface area contributed by atoms with Crippen LogP contribution in [0.1, 0.15) is 24.0 Å². The molecule has 10 heteroatoms. The van der Waals surface area contributed by atoms with Crippen molar-refractivity contribution in [3.05, 3.63) is 45.8 Å². The zero-order chi connectivity index (χ0) is 18.3. The van der Waals surface area contributed by atoms with E-state index in [-0.39, 0.29) is 5.56 Å². The van der Waals surface area contributed by atoms with Crippen LogP contribution in [0.15, 0.2) is 29.4 Å². The van der Waals surface area contributed by atoms with Crippen molar-refractivity contribution in [2.24, 2.45) is 5.11 Å². The third-order valence-electron chi connectivity index (χ3n) is 3.28. The number of hydrogen-bond donors (Lipinski definition) is 0. The van der Waals surface area contributed by atoms with E-state index in [4.69, 9.17) is 10.4 Å². The number of hydrogen-bond acceptors (Lipinski definition) is 4. The van der Waals surface area contributed by atoms with Gasteiger partial charge in [-0.1, -0.05) is 11.8 Å². The summed E-state index contributed by atoms with van der Waals surface area (Å²) in [7, 11) is 0. The molecule has 1 heterocycles. The van der Waals surface area contributed by atoms with Gasteiger partial charge in [0, 0.05) is 23.6 Å². The maximum Gasteiger partial charge on any atom is 0.441 e. The standard InChI is InChI=1S/C15H13F3N4O3/c16-15(17,18)12-6-3-11(4-7-12)5-8-13(20-21-19)24-25-14(23)22-9-1-2-10-22/h3-4,6-7,13H,1-2,9-10H2. The van der Waals surface area contributed by atoms with Crippen molar-refractivity contribution in [1.29, 1.82) is 0 Å². The average Bonchev–Trinajstić information content (AvgIpc) is 3.11. The summed E-state index contributed by atoms with van der Waals surface area (Å²) in [5.74, 6) is 4.86. The number of nitrogens with zero attached hydrogens (tertiary/aromatic N) is 4. The number of carbonyl (C=O) groups is 1. The Kier molecular flexibility index (Phi) is 6.11. The third kappa shape index (κ3) is 5.60. The van der Waals surface area contributed by atoms with Gasteiger partial charge in [-0.05, 0) is 47.8 Å². The van der Waals surface area contributed by atoms with E-state index in [1.165, 1.54) is 17.0 Å². The van der Waals surface area contributed by atoms with E-state index >= 15 is 0 Å². The lowest BCUT2D eigenvalue weighted by Gasteiger charge is -2.14. The normalized spacial score (nSPS) is 14.9. The second kappa shape index (κ2) is 8.28. The summed E-state index contributed by atoms with van der Waals surface area (Å²) in [5, 5.41) is 3.20. The van der Waals surface area contributed by atoms with Gasteiger partial charge < -0.3 is 4.90 Å². The zero-order valence-corrected chi connectivity index (χ0v) is 12.9. The number of benzene rings is 1. The highest BCUT2D eigenvalue weighted by Gasteiger charge is 2.29. The van der Waals surface area contributed by atoms with Gasteiger partial charge in [0.15, 0.2) is 0 Å². The molecule has 25 heavy (non-hydrogen) atoms. The molecular weight excluding hydrogens is 341 g/mol. The topological polar surface area (TPSA) is 87.5 Å². The fraction of sp³-hybridized carbons (Fsp3) is 0.400. The van der Waals surface area contributed by atoms with Crippen LogP contribution in [0.2, 0.25) is 0 Å². The molecule has 7 nitrogen and oxygen atoms in total. The van der Waals surface area contributed by atoms with Gasteiger partial charge in [0.05, 0.1) is 5.56 Å². The van der Waals surface area contributed by atoms with Crippen LogP contribution in [0.25, 0.3) is 10.4 Å². The second-order valence-corrected chi connectivity index (χ2v) is 5.04. The molecule has 1 atom stereocenters. The van der Waals surface area contributed by atoms with Crippen LogP contribution in [0.5, 0.6) is 0 Å². The Bertz CT molecular complexity index is 712. The molecule has 1 fully saturated rings. The first-order valence-corrected chi connectivity index (χ1v) is 7.25. The Morgan fingerprint density at radius 1 is 1.28 bits per heavy atom. The van der Waals surface area contributed by atoms with Gasteiger partial charge in [-0.25, -0.2) is 4.79 Å². The molecule has 0 radical (unpaired) electrons. The van der Waals surface area contributed by atoms with Crippen LogP contribution in [0, 0.1) is 11.8 Å². The highest BCUT2D eigenvalue weighted by atomic mass is 19.4. The first-order chi connectivity index (χ1) is 11.9. The number of azide groups is 1. The molecular formula is C15H13F3N4O3. The van der Waals surface area contributed by atoms with E-state index in [2.05, 4.69) is 26.8 Å². The largest absolute Gasteiger partial charge is 0.441 e. The van der Waals surface area contributed by atoms with Gasteiger partial charge in [0.1, 0.15) is 0 Å². The Balaban J connectivity index is 1.98. The van der Waals surface area contributed by atoms with Crippen LogP contribution >= 0.6 is 0 Å². The Morgan fingerprint density at radius 2 is 1.92 bits per heavy atom. The molecule has 0 aliphatic carbocycles. The molecule has 1 amide bonds. The Hall–Kier alpha value is -2.89. The molecule has 0 N–H and O–H groups in total.